The molecule has 3 rings (SSSR count). The number of fused-ring (bicyclic) bond motifs is 1. The molecule has 3 atom stereocenters. The number of nitrogens with zero attached hydrogens (tertiary/aromatic N) is 1. The van der Waals surface area contributed by atoms with Crippen molar-refractivity contribution < 1.29 is 9.53 Å². The van der Waals surface area contributed by atoms with E-state index in [-0.39, 0.29) is 18.2 Å². The van der Waals surface area contributed by atoms with E-state index < -0.39 is 0 Å². The molecule has 1 aromatic rings. The number of carbonyl (C=O) groups excluding carboxylic acids is 1. The van der Waals surface area contributed by atoms with Gasteiger partial charge in [0.05, 0.1) is 6.61 Å². The molecule has 1 aliphatic carbocycles. The number of halogens is 1. The Balaban J connectivity index is 0.00000208. The Hall–Kier alpha value is -1.10. The maximum Gasteiger partial charge on any atom is 0.159 e. The molecule has 2 N–H and O–H groups in total. The number of hydrogen-bond donors (Lipinski definition) is 1. The highest BCUT2D eigenvalue weighted by Crippen LogP contribution is 2.36. The predicted molar refractivity (Wildman–Crippen MR) is 98.9 cm³/mol. The third-order valence-corrected chi connectivity index (χ3v) is 5.39. The van der Waals surface area contributed by atoms with Gasteiger partial charge in [0.2, 0.25) is 0 Å². The first kappa shape index (κ1) is 19.2. The molecular formula is C19H29ClN2O2. The van der Waals surface area contributed by atoms with Gasteiger partial charge in [-0.2, -0.15) is 0 Å². The fourth-order valence-electron chi connectivity index (χ4n) is 4.20. The first-order valence-electron chi connectivity index (χ1n) is 8.83. The molecule has 134 valence electrons. The number of ketones is 1. The van der Waals surface area contributed by atoms with Crippen LogP contribution < -0.4 is 10.5 Å². The maximum absolute atomic E-state index is 11.7. The Labute approximate surface area is 151 Å². The van der Waals surface area contributed by atoms with Gasteiger partial charge in [-0.15, -0.1) is 12.4 Å². The fraction of sp³-hybridized carbons (Fsp3) is 0.632. The Bertz CT molecular complexity index is 578. The van der Waals surface area contributed by atoms with Crippen LogP contribution >= 0.6 is 12.4 Å². The van der Waals surface area contributed by atoms with Gasteiger partial charge in [0, 0.05) is 36.8 Å². The van der Waals surface area contributed by atoms with Crippen LogP contribution in [0.4, 0.5) is 0 Å². The molecule has 1 saturated carbocycles. The zero-order valence-electron chi connectivity index (χ0n) is 14.7. The van der Waals surface area contributed by atoms with E-state index in [4.69, 9.17) is 10.5 Å². The number of nitrogens with two attached hydrogens (primary N) is 1. The number of Topliss-reactive ketones (excluding diaryl/α,β-unsaturated/α-hetero) is 1. The molecule has 2 fully saturated rings. The standard InChI is InChI=1S/C19H28N2O2.ClH/c1-3-23-19-8-7-14(13(2)22)9-16(19)11-21-10-15-5-4-6-18(20)17(15)12-21;/h7-9,15,17-18H,3-6,10-12,20H2,1-2H3;1H. The maximum atomic E-state index is 11.7. The number of rotatable bonds is 5. The number of likely N-dealkylation sites (tertiary alicyclic amines) is 1. The molecule has 1 aliphatic heterocycles. The second kappa shape index (κ2) is 8.32. The minimum Gasteiger partial charge on any atom is -0.494 e. The summed E-state index contributed by atoms with van der Waals surface area (Å²) in [6, 6.07) is 6.14. The van der Waals surface area contributed by atoms with E-state index in [1.807, 2.05) is 25.1 Å². The molecule has 0 bridgehead atoms. The lowest BCUT2D eigenvalue weighted by molar-refractivity contribution is 0.101. The largest absolute Gasteiger partial charge is 0.494 e. The van der Waals surface area contributed by atoms with Crippen molar-refractivity contribution in [1.29, 1.82) is 0 Å². The highest BCUT2D eigenvalue weighted by atomic mass is 35.5. The van der Waals surface area contributed by atoms with Gasteiger partial charge < -0.3 is 10.5 Å². The first-order chi connectivity index (χ1) is 11.1. The Morgan fingerprint density at radius 2 is 2.12 bits per heavy atom. The molecule has 1 saturated heterocycles. The van der Waals surface area contributed by atoms with Crippen LogP contribution in [0.1, 0.15) is 49.0 Å². The highest BCUT2D eigenvalue weighted by molar-refractivity contribution is 5.94. The summed E-state index contributed by atoms with van der Waals surface area (Å²) in [5.41, 5.74) is 8.20. The quantitative estimate of drug-likeness (QED) is 0.826. The lowest BCUT2D eigenvalue weighted by atomic mass is 9.78. The van der Waals surface area contributed by atoms with Gasteiger partial charge in [0.25, 0.3) is 0 Å². The van der Waals surface area contributed by atoms with Crippen molar-refractivity contribution >= 4 is 18.2 Å². The van der Waals surface area contributed by atoms with Crippen molar-refractivity contribution in [3.63, 3.8) is 0 Å². The fourth-order valence-corrected chi connectivity index (χ4v) is 4.20. The zero-order chi connectivity index (χ0) is 16.4. The summed E-state index contributed by atoms with van der Waals surface area (Å²) >= 11 is 0. The first-order valence-corrected chi connectivity index (χ1v) is 8.83. The number of carbonyl (C=O) groups is 1. The summed E-state index contributed by atoms with van der Waals surface area (Å²) in [5.74, 6) is 2.38. The van der Waals surface area contributed by atoms with Crippen LogP contribution in [-0.2, 0) is 6.54 Å². The van der Waals surface area contributed by atoms with E-state index in [1.165, 1.54) is 19.3 Å². The van der Waals surface area contributed by atoms with E-state index in [2.05, 4.69) is 4.90 Å². The van der Waals surface area contributed by atoms with Gasteiger partial charge in [-0.3, -0.25) is 9.69 Å². The minimum absolute atomic E-state index is 0. The summed E-state index contributed by atoms with van der Waals surface area (Å²) in [7, 11) is 0. The van der Waals surface area contributed by atoms with Crippen molar-refractivity contribution in [1.82, 2.24) is 4.90 Å². The second-order valence-corrected chi connectivity index (χ2v) is 7.02. The van der Waals surface area contributed by atoms with E-state index in [0.717, 1.165) is 42.4 Å². The SMILES string of the molecule is CCOc1ccc(C(C)=O)cc1CN1CC2CCCC(N)C2C1.Cl. The van der Waals surface area contributed by atoms with Gasteiger partial charge in [-0.25, -0.2) is 0 Å². The summed E-state index contributed by atoms with van der Waals surface area (Å²) in [4.78, 5) is 14.2. The zero-order valence-corrected chi connectivity index (χ0v) is 15.5. The molecule has 3 unspecified atom stereocenters. The van der Waals surface area contributed by atoms with Crippen molar-refractivity contribution in [2.45, 2.75) is 45.7 Å². The van der Waals surface area contributed by atoms with Crippen molar-refractivity contribution in [3.05, 3.63) is 29.3 Å². The van der Waals surface area contributed by atoms with Crippen LogP contribution in [-0.4, -0.2) is 36.4 Å². The van der Waals surface area contributed by atoms with E-state index in [1.54, 1.807) is 6.92 Å². The predicted octanol–water partition coefficient (Wildman–Crippen LogP) is 3.27. The molecular weight excluding hydrogens is 324 g/mol. The summed E-state index contributed by atoms with van der Waals surface area (Å²) in [6.45, 7) is 7.28. The minimum atomic E-state index is 0. The molecule has 0 amide bonds. The van der Waals surface area contributed by atoms with Gasteiger partial charge in [0.1, 0.15) is 5.75 Å². The van der Waals surface area contributed by atoms with Crippen molar-refractivity contribution in [2.24, 2.45) is 17.6 Å². The van der Waals surface area contributed by atoms with Crippen LogP contribution in [0.25, 0.3) is 0 Å². The van der Waals surface area contributed by atoms with Crippen LogP contribution in [0.15, 0.2) is 18.2 Å². The van der Waals surface area contributed by atoms with Gasteiger partial charge in [-0.05, 0) is 56.7 Å². The second-order valence-electron chi connectivity index (χ2n) is 7.02. The summed E-state index contributed by atoms with van der Waals surface area (Å²) < 4.78 is 5.76. The Morgan fingerprint density at radius 1 is 1.33 bits per heavy atom. The molecule has 0 radical (unpaired) electrons. The van der Waals surface area contributed by atoms with Crippen LogP contribution in [0, 0.1) is 11.8 Å². The van der Waals surface area contributed by atoms with Crippen molar-refractivity contribution in [3.8, 4) is 5.75 Å². The molecule has 24 heavy (non-hydrogen) atoms. The summed E-state index contributed by atoms with van der Waals surface area (Å²) in [6.07, 6.45) is 3.74. The monoisotopic (exact) mass is 352 g/mol. The van der Waals surface area contributed by atoms with Crippen molar-refractivity contribution in [2.75, 3.05) is 19.7 Å². The average Bonchev–Trinajstić information content (AvgIpc) is 2.93. The molecule has 0 spiro atoms. The molecule has 5 heteroatoms. The number of hydrogen-bond acceptors (Lipinski definition) is 4. The molecule has 0 aromatic heterocycles. The third-order valence-electron chi connectivity index (χ3n) is 5.39. The molecule has 4 nitrogen and oxygen atoms in total. The van der Waals surface area contributed by atoms with E-state index in [0.29, 0.717) is 18.6 Å². The summed E-state index contributed by atoms with van der Waals surface area (Å²) in [5, 5.41) is 0. The smallest absolute Gasteiger partial charge is 0.159 e. The normalized spacial score (nSPS) is 26.5. The third kappa shape index (κ3) is 4.11. The van der Waals surface area contributed by atoms with E-state index >= 15 is 0 Å². The number of ether oxygens (including phenoxy) is 1. The Kier molecular flexibility index (Phi) is 6.67. The molecule has 2 aliphatic rings. The molecule has 1 heterocycles. The van der Waals surface area contributed by atoms with Gasteiger partial charge in [0.15, 0.2) is 5.78 Å². The number of benzene rings is 1. The van der Waals surface area contributed by atoms with Crippen LogP contribution in [0.5, 0.6) is 5.75 Å². The Morgan fingerprint density at radius 3 is 2.79 bits per heavy atom. The lowest BCUT2D eigenvalue weighted by Gasteiger charge is -2.29. The van der Waals surface area contributed by atoms with Crippen LogP contribution in [0.2, 0.25) is 0 Å². The molecule has 1 aromatic carbocycles. The highest BCUT2D eigenvalue weighted by Gasteiger charge is 2.38. The van der Waals surface area contributed by atoms with E-state index in [9.17, 15) is 4.79 Å². The van der Waals surface area contributed by atoms with Crippen LogP contribution in [0.3, 0.4) is 0 Å². The van der Waals surface area contributed by atoms with Gasteiger partial charge >= 0.3 is 0 Å². The average molecular weight is 353 g/mol. The van der Waals surface area contributed by atoms with Gasteiger partial charge in [-0.1, -0.05) is 6.42 Å². The lowest BCUT2D eigenvalue weighted by Crippen LogP contribution is -2.38. The topological polar surface area (TPSA) is 55.6 Å².